The lowest BCUT2D eigenvalue weighted by molar-refractivity contribution is 0.112. The molecule has 7 heteroatoms. The standard InChI is InChI=1S/C19H16Cl2N2O3/c1-10-6-11(2)22-18-14(10)7-13(23(18)19(25)26-3)8-15-16(20)5-4-12(9-24)17(15)21/h4-7,9H,8H2,1-3H3. The van der Waals surface area contributed by atoms with E-state index in [0.717, 1.165) is 16.6 Å². The van der Waals surface area contributed by atoms with Gasteiger partial charge in [0.15, 0.2) is 6.29 Å². The Morgan fingerprint density at radius 2 is 2.00 bits per heavy atom. The van der Waals surface area contributed by atoms with Crippen molar-refractivity contribution in [2.75, 3.05) is 7.11 Å². The number of benzene rings is 1. The number of pyridine rings is 1. The minimum Gasteiger partial charge on any atom is -0.452 e. The Kier molecular flexibility index (Phi) is 5.03. The van der Waals surface area contributed by atoms with Crippen LogP contribution in [-0.2, 0) is 11.2 Å². The lowest BCUT2D eigenvalue weighted by Gasteiger charge is -2.11. The van der Waals surface area contributed by atoms with E-state index in [1.807, 2.05) is 26.0 Å². The molecule has 0 aliphatic rings. The molecule has 1 aromatic carbocycles. The number of hydrogen-bond donors (Lipinski definition) is 0. The molecular formula is C19H16Cl2N2O3. The lowest BCUT2D eigenvalue weighted by Crippen LogP contribution is -2.15. The highest BCUT2D eigenvalue weighted by Gasteiger charge is 2.21. The molecule has 0 spiro atoms. The van der Waals surface area contributed by atoms with Gasteiger partial charge in [-0.1, -0.05) is 23.2 Å². The molecule has 0 atom stereocenters. The van der Waals surface area contributed by atoms with Crippen molar-refractivity contribution in [1.82, 2.24) is 9.55 Å². The quantitative estimate of drug-likeness (QED) is 0.591. The van der Waals surface area contributed by atoms with E-state index < -0.39 is 6.09 Å². The minimum absolute atomic E-state index is 0.253. The largest absolute Gasteiger partial charge is 0.452 e. The fourth-order valence-corrected chi connectivity index (χ4v) is 3.57. The molecule has 2 aromatic heterocycles. The van der Waals surface area contributed by atoms with Crippen LogP contribution in [0.4, 0.5) is 4.79 Å². The van der Waals surface area contributed by atoms with Gasteiger partial charge in [0.2, 0.25) is 0 Å². The van der Waals surface area contributed by atoms with E-state index in [1.165, 1.54) is 11.7 Å². The summed E-state index contributed by atoms with van der Waals surface area (Å²) in [6.07, 6.45) is 0.377. The van der Waals surface area contributed by atoms with Gasteiger partial charge in [-0.15, -0.1) is 0 Å². The molecule has 2 heterocycles. The fourth-order valence-electron chi connectivity index (χ4n) is 3.02. The van der Waals surface area contributed by atoms with Crippen molar-refractivity contribution in [2.24, 2.45) is 0 Å². The van der Waals surface area contributed by atoms with Crippen LogP contribution in [0.3, 0.4) is 0 Å². The van der Waals surface area contributed by atoms with Crippen molar-refractivity contribution in [1.29, 1.82) is 0 Å². The van der Waals surface area contributed by atoms with E-state index in [9.17, 15) is 9.59 Å². The third kappa shape index (κ3) is 3.08. The zero-order valence-electron chi connectivity index (χ0n) is 14.5. The topological polar surface area (TPSA) is 61.2 Å². The van der Waals surface area contributed by atoms with E-state index in [0.29, 0.717) is 33.8 Å². The van der Waals surface area contributed by atoms with Crippen LogP contribution in [0.1, 0.15) is 32.9 Å². The first-order chi connectivity index (χ1) is 12.4. The van der Waals surface area contributed by atoms with Crippen molar-refractivity contribution < 1.29 is 14.3 Å². The summed E-state index contributed by atoms with van der Waals surface area (Å²) >= 11 is 12.6. The molecule has 3 aromatic rings. The zero-order valence-corrected chi connectivity index (χ0v) is 16.0. The van der Waals surface area contributed by atoms with Crippen LogP contribution >= 0.6 is 23.2 Å². The fraction of sp³-hybridized carbons (Fsp3) is 0.211. The number of aromatic nitrogens is 2. The number of ether oxygens (including phenoxy) is 1. The van der Waals surface area contributed by atoms with Crippen LogP contribution in [-0.4, -0.2) is 29.0 Å². The molecular weight excluding hydrogens is 375 g/mol. The highest BCUT2D eigenvalue weighted by atomic mass is 35.5. The Bertz CT molecular complexity index is 1040. The maximum Gasteiger partial charge on any atom is 0.419 e. The maximum atomic E-state index is 12.4. The predicted molar refractivity (Wildman–Crippen MR) is 102 cm³/mol. The Morgan fingerprint density at radius 1 is 1.27 bits per heavy atom. The summed E-state index contributed by atoms with van der Waals surface area (Å²) in [4.78, 5) is 28.1. The monoisotopic (exact) mass is 390 g/mol. The normalized spacial score (nSPS) is 11.0. The number of carbonyl (C=O) groups excluding carboxylic acids is 2. The molecule has 3 rings (SSSR count). The summed E-state index contributed by atoms with van der Waals surface area (Å²) in [5, 5.41) is 1.54. The SMILES string of the molecule is COC(=O)n1c(Cc2c(Cl)ccc(C=O)c2Cl)cc2c(C)cc(C)nc21. The number of hydrogen-bond acceptors (Lipinski definition) is 4. The van der Waals surface area contributed by atoms with Crippen LogP contribution in [0.25, 0.3) is 11.0 Å². The number of aryl methyl sites for hydroxylation is 2. The van der Waals surface area contributed by atoms with Crippen LogP contribution in [0, 0.1) is 13.8 Å². The lowest BCUT2D eigenvalue weighted by atomic mass is 10.1. The second-order valence-electron chi connectivity index (χ2n) is 5.98. The van der Waals surface area contributed by atoms with Crippen LogP contribution in [0.5, 0.6) is 0 Å². The molecule has 0 aliphatic heterocycles. The molecule has 26 heavy (non-hydrogen) atoms. The molecule has 0 fully saturated rings. The Hall–Kier alpha value is -2.37. The van der Waals surface area contributed by atoms with Gasteiger partial charge in [0.1, 0.15) is 5.65 Å². The molecule has 0 unspecified atom stereocenters. The van der Waals surface area contributed by atoms with Crippen LogP contribution < -0.4 is 0 Å². The van der Waals surface area contributed by atoms with Gasteiger partial charge < -0.3 is 4.74 Å². The summed E-state index contributed by atoms with van der Waals surface area (Å²) in [7, 11) is 1.31. The molecule has 5 nitrogen and oxygen atoms in total. The number of halogens is 2. The molecule has 0 N–H and O–H groups in total. The molecule has 134 valence electrons. The number of carbonyl (C=O) groups is 2. The van der Waals surface area contributed by atoms with Crippen molar-refractivity contribution in [3.05, 3.63) is 62.4 Å². The molecule has 0 amide bonds. The van der Waals surface area contributed by atoms with Crippen molar-refractivity contribution in [3.8, 4) is 0 Å². The summed E-state index contributed by atoms with van der Waals surface area (Å²) in [6, 6.07) is 6.99. The first kappa shape index (κ1) is 18.4. The van der Waals surface area contributed by atoms with Gasteiger partial charge in [0, 0.05) is 33.8 Å². The Morgan fingerprint density at radius 3 is 2.65 bits per heavy atom. The smallest absolute Gasteiger partial charge is 0.419 e. The predicted octanol–water partition coefficient (Wildman–Crippen LogP) is 4.98. The molecule has 0 aliphatic carbocycles. The van der Waals surface area contributed by atoms with Crippen molar-refractivity contribution >= 4 is 46.6 Å². The second kappa shape index (κ2) is 7.09. The van der Waals surface area contributed by atoms with Gasteiger partial charge >= 0.3 is 6.09 Å². The van der Waals surface area contributed by atoms with E-state index >= 15 is 0 Å². The number of aldehydes is 1. The van der Waals surface area contributed by atoms with Gasteiger partial charge in [0.05, 0.1) is 12.1 Å². The summed E-state index contributed by atoms with van der Waals surface area (Å²) in [5.74, 6) is 0. The number of rotatable bonds is 3. The average Bonchev–Trinajstić information content (AvgIpc) is 2.96. The number of nitrogens with zero attached hydrogens (tertiary/aromatic N) is 2. The van der Waals surface area contributed by atoms with E-state index in [4.69, 9.17) is 27.9 Å². The maximum absolute atomic E-state index is 12.4. The van der Waals surface area contributed by atoms with Crippen LogP contribution in [0.15, 0.2) is 24.3 Å². The average molecular weight is 391 g/mol. The third-order valence-corrected chi connectivity index (χ3v) is 5.04. The van der Waals surface area contributed by atoms with Gasteiger partial charge in [-0.05, 0) is 49.2 Å². The molecule has 0 saturated heterocycles. The number of fused-ring (bicyclic) bond motifs is 1. The van der Waals surface area contributed by atoms with E-state index in [-0.39, 0.29) is 11.4 Å². The van der Waals surface area contributed by atoms with Gasteiger partial charge in [-0.3, -0.25) is 4.79 Å². The summed E-state index contributed by atoms with van der Waals surface area (Å²) in [5.41, 5.74) is 3.85. The molecule has 0 radical (unpaired) electrons. The van der Waals surface area contributed by atoms with Gasteiger partial charge in [-0.2, -0.15) is 0 Å². The molecule has 0 saturated carbocycles. The molecule has 0 bridgehead atoms. The van der Waals surface area contributed by atoms with Gasteiger partial charge in [0.25, 0.3) is 0 Å². The minimum atomic E-state index is -0.550. The van der Waals surface area contributed by atoms with Crippen molar-refractivity contribution in [2.45, 2.75) is 20.3 Å². The van der Waals surface area contributed by atoms with Crippen LogP contribution in [0.2, 0.25) is 10.0 Å². The van der Waals surface area contributed by atoms with Gasteiger partial charge in [-0.25, -0.2) is 14.3 Å². The highest BCUT2D eigenvalue weighted by Crippen LogP contribution is 2.32. The van der Waals surface area contributed by atoms with Crippen molar-refractivity contribution in [3.63, 3.8) is 0 Å². The summed E-state index contributed by atoms with van der Waals surface area (Å²) in [6.45, 7) is 3.82. The Balaban J connectivity index is 2.25. The van der Waals surface area contributed by atoms with E-state index in [1.54, 1.807) is 12.1 Å². The summed E-state index contributed by atoms with van der Waals surface area (Å²) < 4.78 is 6.34. The highest BCUT2D eigenvalue weighted by molar-refractivity contribution is 6.37. The number of methoxy groups -OCH3 is 1. The first-order valence-corrected chi connectivity index (χ1v) is 8.62. The first-order valence-electron chi connectivity index (χ1n) is 7.86. The third-order valence-electron chi connectivity index (χ3n) is 4.24. The Labute approximate surface area is 160 Å². The second-order valence-corrected chi connectivity index (χ2v) is 6.77. The zero-order chi connectivity index (χ0) is 19.0. The van der Waals surface area contributed by atoms with E-state index in [2.05, 4.69) is 4.98 Å².